The molecule has 0 bridgehead atoms. The number of carbonyl (C=O) groups is 1. The van der Waals surface area contributed by atoms with E-state index in [4.69, 9.17) is 17.3 Å². The first-order valence-corrected chi connectivity index (χ1v) is 3.54. The summed E-state index contributed by atoms with van der Waals surface area (Å²) in [6, 6.07) is 4.81. The van der Waals surface area contributed by atoms with Gasteiger partial charge in [0.25, 0.3) is 0 Å². The van der Waals surface area contributed by atoms with Crippen molar-refractivity contribution in [2.45, 2.75) is 6.92 Å². The van der Waals surface area contributed by atoms with E-state index >= 15 is 0 Å². The first-order chi connectivity index (χ1) is 5.09. The number of hydrogen-bond donors (Lipinski definition) is 1. The Morgan fingerprint density at radius 2 is 2.09 bits per heavy atom. The Bertz CT molecular complexity index is 276. The molecule has 0 atom stereocenters. The van der Waals surface area contributed by atoms with E-state index in [1.165, 1.54) is 6.92 Å². The molecule has 0 aliphatic carbocycles. The zero-order chi connectivity index (χ0) is 8.43. The molecule has 0 saturated heterocycles. The van der Waals surface area contributed by atoms with Crippen molar-refractivity contribution < 1.29 is 4.79 Å². The Morgan fingerprint density at radius 1 is 1.45 bits per heavy atom. The number of rotatable bonds is 1. The van der Waals surface area contributed by atoms with Crippen LogP contribution in [0.25, 0.3) is 0 Å². The normalized spacial score (nSPS) is 9.64. The maximum Gasteiger partial charge on any atom is 0.159 e. The monoisotopic (exact) mass is 169 g/mol. The average Bonchev–Trinajstić information content (AvgIpc) is 1.85. The zero-order valence-electron chi connectivity index (χ0n) is 6.10. The molecule has 58 valence electrons. The molecule has 1 aromatic rings. The molecule has 0 heterocycles. The van der Waals surface area contributed by atoms with Gasteiger partial charge in [-0.15, -0.1) is 0 Å². The molecule has 1 rings (SSSR count). The standard InChI is InChI=1S/C8H8ClNO/c1-5(11)6-2-7(9)4-8(10)3-6/h2-4H,10H2,1H3. The fraction of sp³-hybridized carbons (Fsp3) is 0.125. The van der Waals surface area contributed by atoms with Crippen LogP contribution in [0.5, 0.6) is 0 Å². The van der Waals surface area contributed by atoms with Crippen molar-refractivity contribution in [3.63, 3.8) is 0 Å². The lowest BCUT2D eigenvalue weighted by Crippen LogP contribution is -1.94. The van der Waals surface area contributed by atoms with Crippen LogP contribution in [0.1, 0.15) is 17.3 Å². The second-order valence-corrected chi connectivity index (χ2v) is 2.77. The molecular formula is C8H8ClNO. The van der Waals surface area contributed by atoms with Crippen molar-refractivity contribution >= 4 is 23.1 Å². The van der Waals surface area contributed by atoms with Crippen LogP contribution in [0.15, 0.2) is 18.2 Å². The van der Waals surface area contributed by atoms with Crippen molar-refractivity contribution in [2.24, 2.45) is 0 Å². The van der Waals surface area contributed by atoms with E-state index in [1.54, 1.807) is 18.2 Å². The summed E-state index contributed by atoms with van der Waals surface area (Å²) in [5, 5.41) is 0.496. The van der Waals surface area contributed by atoms with Gasteiger partial charge < -0.3 is 5.73 Å². The Labute approximate surface area is 70.0 Å². The summed E-state index contributed by atoms with van der Waals surface area (Å²) in [4.78, 5) is 10.8. The molecular weight excluding hydrogens is 162 g/mol. The zero-order valence-corrected chi connectivity index (χ0v) is 6.85. The molecule has 0 aliphatic rings. The predicted octanol–water partition coefficient (Wildman–Crippen LogP) is 2.12. The van der Waals surface area contributed by atoms with Gasteiger partial charge in [0, 0.05) is 16.3 Å². The summed E-state index contributed by atoms with van der Waals surface area (Å²) in [6.45, 7) is 1.48. The summed E-state index contributed by atoms with van der Waals surface area (Å²) in [6.07, 6.45) is 0. The molecule has 0 saturated carbocycles. The van der Waals surface area contributed by atoms with Crippen molar-refractivity contribution in [3.05, 3.63) is 28.8 Å². The third kappa shape index (κ3) is 1.95. The first-order valence-electron chi connectivity index (χ1n) is 3.16. The van der Waals surface area contributed by atoms with Crippen LogP contribution in [0.3, 0.4) is 0 Å². The summed E-state index contributed by atoms with van der Waals surface area (Å²) in [5.74, 6) is -0.0285. The molecule has 1 aromatic carbocycles. The van der Waals surface area contributed by atoms with Gasteiger partial charge in [-0.25, -0.2) is 0 Å². The predicted molar refractivity (Wildman–Crippen MR) is 45.9 cm³/mol. The lowest BCUT2D eigenvalue weighted by atomic mass is 10.1. The molecule has 0 fully saturated rings. The maximum absolute atomic E-state index is 10.8. The van der Waals surface area contributed by atoms with E-state index in [0.717, 1.165) is 0 Å². The van der Waals surface area contributed by atoms with Crippen LogP contribution in [0.4, 0.5) is 5.69 Å². The van der Waals surface area contributed by atoms with E-state index in [-0.39, 0.29) is 5.78 Å². The topological polar surface area (TPSA) is 43.1 Å². The number of ketones is 1. The molecule has 0 unspecified atom stereocenters. The van der Waals surface area contributed by atoms with Crippen molar-refractivity contribution in [2.75, 3.05) is 5.73 Å². The highest BCUT2D eigenvalue weighted by Gasteiger charge is 2.00. The fourth-order valence-corrected chi connectivity index (χ4v) is 1.06. The lowest BCUT2D eigenvalue weighted by Gasteiger charge is -1.98. The Morgan fingerprint density at radius 3 is 2.55 bits per heavy atom. The van der Waals surface area contributed by atoms with E-state index in [9.17, 15) is 4.79 Å². The van der Waals surface area contributed by atoms with E-state index < -0.39 is 0 Å². The molecule has 2 nitrogen and oxygen atoms in total. The number of Topliss-reactive ketones (excluding diaryl/α,β-unsaturated/α-hetero) is 1. The van der Waals surface area contributed by atoms with Gasteiger partial charge >= 0.3 is 0 Å². The summed E-state index contributed by atoms with van der Waals surface area (Å²) < 4.78 is 0. The lowest BCUT2D eigenvalue weighted by molar-refractivity contribution is 0.101. The van der Waals surface area contributed by atoms with Crippen molar-refractivity contribution in [3.8, 4) is 0 Å². The summed E-state index contributed by atoms with van der Waals surface area (Å²) in [5.41, 5.74) is 6.53. The third-order valence-corrected chi connectivity index (χ3v) is 1.54. The van der Waals surface area contributed by atoms with Gasteiger partial charge in [0.2, 0.25) is 0 Å². The van der Waals surface area contributed by atoms with E-state index in [1.807, 2.05) is 0 Å². The SMILES string of the molecule is CC(=O)c1cc(N)cc(Cl)c1. The van der Waals surface area contributed by atoms with Gasteiger partial charge in [0.15, 0.2) is 5.78 Å². The first kappa shape index (κ1) is 8.08. The molecule has 2 N–H and O–H groups in total. The molecule has 0 spiro atoms. The second-order valence-electron chi connectivity index (χ2n) is 2.33. The smallest absolute Gasteiger partial charge is 0.159 e. The minimum atomic E-state index is -0.0285. The number of halogens is 1. The molecule has 0 amide bonds. The molecule has 3 heteroatoms. The maximum atomic E-state index is 10.8. The van der Waals surface area contributed by atoms with Crippen LogP contribution < -0.4 is 5.73 Å². The second kappa shape index (κ2) is 2.93. The number of carbonyl (C=O) groups excluding carboxylic acids is 1. The van der Waals surface area contributed by atoms with Crippen LogP contribution in [0, 0.1) is 0 Å². The van der Waals surface area contributed by atoms with Gasteiger partial charge in [-0.05, 0) is 25.1 Å². The van der Waals surface area contributed by atoms with Gasteiger partial charge in [-0.1, -0.05) is 11.6 Å². The minimum Gasteiger partial charge on any atom is -0.399 e. The quantitative estimate of drug-likeness (QED) is 0.517. The summed E-state index contributed by atoms with van der Waals surface area (Å²) in [7, 11) is 0. The van der Waals surface area contributed by atoms with Crippen LogP contribution in [-0.4, -0.2) is 5.78 Å². The highest BCUT2D eigenvalue weighted by Crippen LogP contribution is 2.16. The molecule has 11 heavy (non-hydrogen) atoms. The van der Waals surface area contributed by atoms with Gasteiger partial charge in [-0.3, -0.25) is 4.79 Å². The number of nitrogens with two attached hydrogens (primary N) is 1. The highest BCUT2D eigenvalue weighted by atomic mass is 35.5. The van der Waals surface area contributed by atoms with Gasteiger partial charge in [-0.2, -0.15) is 0 Å². The van der Waals surface area contributed by atoms with Crippen LogP contribution in [-0.2, 0) is 0 Å². The number of nitrogen functional groups attached to an aromatic ring is 1. The average molecular weight is 170 g/mol. The number of anilines is 1. The largest absolute Gasteiger partial charge is 0.399 e. The van der Waals surface area contributed by atoms with Gasteiger partial charge in [0.05, 0.1) is 0 Å². The van der Waals surface area contributed by atoms with Crippen LogP contribution in [0.2, 0.25) is 5.02 Å². The number of hydrogen-bond acceptors (Lipinski definition) is 2. The molecule has 0 aromatic heterocycles. The van der Waals surface area contributed by atoms with Gasteiger partial charge in [0.1, 0.15) is 0 Å². The molecule has 0 aliphatic heterocycles. The summed E-state index contributed by atoms with van der Waals surface area (Å²) >= 11 is 5.66. The minimum absolute atomic E-state index is 0.0285. The van der Waals surface area contributed by atoms with E-state index in [0.29, 0.717) is 16.3 Å². The molecule has 0 radical (unpaired) electrons. The van der Waals surface area contributed by atoms with Crippen molar-refractivity contribution in [1.29, 1.82) is 0 Å². The van der Waals surface area contributed by atoms with E-state index in [2.05, 4.69) is 0 Å². The Hall–Kier alpha value is -1.02. The van der Waals surface area contributed by atoms with Crippen LogP contribution >= 0.6 is 11.6 Å². The fourth-order valence-electron chi connectivity index (χ4n) is 0.816. The van der Waals surface area contributed by atoms with Crippen molar-refractivity contribution in [1.82, 2.24) is 0 Å². The Balaban J connectivity index is 3.19. The number of benzene rings is 1. The third-order valence-electron chi connectivity index (χ3n) is 1.33. The Kier molecular flexibility index (Phi) is 2.15. The highest BCUT2D eigenvalue weighted by molar-refractivity contribution is 6.31.